The van der Waals surface area contributed by atoms with Gasteiger partial charge in [0.2, 0.25) is 5.91 Å². The normalized spacial score (nSPS) is 32.4. The lowest BCUT2D eigenvalue weighted by Crippen LogP contribution is -2.65. The van der Waals surface area contributed by atoms with E-state index in [1.807, 2.05) is 41.3 Å². The fraction of sp³-hybridized carbons (Fsp3) is 0.607. The molecule has 8 heteroatoms. The van der Waals surface area contributed by atoms with Crippen LogP contribution in [-0.2, 0) is 27.2 Å². The first-order chi connectivity index (χ1) is 17.3. The number of amides is 1. The molecule has 5 atom stereocenters. The number of nitrogens with zero attached hydrogens (tertiary/aromatic N) is 4. The van der Waals surface area contributed by atoms with Gasteiger partial charge in [-0.05, 0) is 74.1 Å². The number of aromatic nitrogens is 2. The first kappa shape index (κ1) is 24.1. The third kappa shape index (κ3) is 4.17. The van der Waals surface area contributed by atoms with Crippen molar-refractivity contribution in [2.24, 2.45) is 17.3 Å². The second-order valence-corrected chi connectivity index (χ2v) is 11.9. The fourth-order valence-corrected chi connectivity index (χ4v) is 7.34. The van der Waals surface area contributed by atoms with Crippen LogP contribution in [0.4, 0.5) is 0 Å². The van der Waals surface area contributed by atoms with Crippen molar-refractivity contribution in [3.63, 3.8) is 0 Å². The highest BCUT2D eigenvalue weighted by Crippen LogP contribution is 2.65. The maximum Gasteiger partial charge on any atom is 0.481 e. The Balaban J connectivity index is 1.16. The molecule has 2 aromatic heterocycles. The summed E-state index contributed by atoms with van der Waals surface area (Å²) in [5, 5.41) is 0. The van der Waals surface area contributed by atoms with E-state index in [2.05, 4.69) is 35.6 Å². The molecule has 0 aromatic carbocycles. The molecule has 0 spiro atoms. The van der Waals surface area contributed by atoms with Gasteiger partial charge in [-0.1, -0.05) is 26.0 Å². The maximum atomic E-state index is 13.7. The highest BCUT2D eigenvalue weighted by Gasteiger charge is 2.69. The predicted octanol–water partition coefficient (Wildman–Crippen LogP) is 3.74. The van der Waals surface area contributed by atoms with Crippen LogP contribution in [0.15, 0.2) is 48.8 Å². The smallest absolute Gasteiger partial charge is 0.404 e. The standard InChI is InChI=1S/C28H37BN4O3/c1-27(2)20-15-23(27)28(3)24(16-20)35-29(36-28)25-11-8-14-33(25)26(34)19-32(17-21-9-4-6-12-30-21)18-22-10-5-7-13-31-22/h4-7,9-10,12-13,20,23-25H,8,11,14-19H2,1-3H3/t20-,23?,24+,25-,28-/m0/s1. The number of rotatable bonds is 7. The molecule has 1 amide bonds. The summed E-state index contributed by atoms with van der Waals surface area (Å²) < 4.78 is 13.3. The summed E-state index contributed by atoms with van der Waals surface area (Å²) in [7, 11) is -0.332. The number of pyridine rings is 2. The van der Waals surface area contributed by atoms with E-state index in [4.69, 9.17) is 9.31 Å². The summed E-state index contributed by atoms with van der Waals surface area (Å²) in [6, 6.07) is 11.8. The molecule has 1 unspecified atom stereocenters. The van der Waals surface area contributed by atoms with Gasteiger partial charge in [0.1, 0.15) is 0 Å². The van der Waals surface area contributed by atoms with Crippen LogP contribution in [0.1, 0.15) is 57.8 Å². The predicted molar refractivity (Wildman–Crippen MR) is 137 cm³/mol. The number of hydrogen-bond donors (Lipinski definition) is 0. The van der Waals surface area contributed by atoms with Gasteiger partial charge in [0.05, 0.1) is 35.6 Å². The topological polar surface area (TPSA) is 67.8 Å². The zero-order chi connectivity index (χ0) is 24.9. The van der Waals surface area contributed by atoms with Crippen molar-refractivity contribution in [3.05, 3.63) is 60.2 Å². The summed E-state index contributed by atoms with van der Waals surface area (Å²) >= 11 is 0. The first-order valence-electron chi connectivity index (χ1n) is 13.5. The second kappa shape index (κ2) is 9.23. The molecule has 7 rings (SSSR count). The number of carbonyl (C=O) groups is 1. The van der Waals surface area contributed by atoms with Crippen LogP contribution in [0, 0.1) is 17.3 Å². The van der Waals surface area contributed by atoms with E-state index >= 15 is 0 Å². The van der Waals surface area contributed by atoms with E-state index in [0.717, 1.165) is 43.1 Å². The Morgan fingerprint density at radius 1 is 1.08 bits per heavy atom. The molecule has 190 valence electrons. The van der Waals surface area contributed by atoms with E-state index in [0.29, 0.717) is 31.0 Å². The summed E-state index contributed by atoms with van der Waals surface area (Å²) in [6.07, 6.45) is 7.95. The van der Waals surface area contributed by atoms with Crippen molar-refractivity contribution in [3.8, 4) is 0 Å². The molecular formula is C28H37BN4O3. The summed E-state index contributed by atoms with van der Waals surface area (Å²) in [6.45, 7) is 9.27. The quantitative estimate of drug-likeness (QED) is 0.554. The van der Waals surface area contributed by atoms with E-state index in [1.165, 1.54) is 6.42 Å². The molecule has 4 heterocycles. The first-order valence-corrected chi connectivity index (χ1v) is 13.5. The van der Waals surface area contributed by atoms with Gasteiger partial charge in [0.25, 0.3) is 0 Å². The monoisotopic (exact) mass is 488 g/mol. The Hall–Kier alpha value is -2.29. The number of hydrogen-bond acceptors (Lipinski definition) is 6. The van der Waals surface area contributed by atoms with Crippen molar-refractivity contribution in [2.45, 2.75) is 77.2 Å². The Morgan fingerprint density at radius 3 is 2.39 bits per heavy atom. The zero-order valence-corrected chi connectivity index (χ0v) is 21.7. The molecule has 5 fully saturated rings. The maximum absolute atomic E-state index is 13.7. The highest BCUT2D eigenvalue weighted by molar-refractivity contribution is 6.48. The summed E-state index contributed by atoms with van der Waals surface area (Å²) in [5.41, 5.74) is 1.96. The molecule has 7 nitrogen and oxygen atoms in total. The van der Waals surface area contributed by atoms with Crippen LogP contribution in [0.2, 0.25) is 0 Å². The van der Waals surface area contributed by atoms with Gasteiger partial charge < -0.3 is 14.2 Å². The number of carbonyl (C=O) groups excluding carboxylic acids is 1. The lowest BCUT2D eigenvalue weighted by molar-refractivity contribution is -0.199. The van der Waals surface area contributed by atoms with Gasteiger partial charge in [-0.25, -0.2) is 0 Å². The van der Waals surface area contributed by atoms with Crippen LogP contribution in [0.25, 0.3) is 0 Å². The molecular weight excluding hydrogens is 451 g/mol. The SMILES string of the molecule is CC1(C)C2C[C@H]1C[C@H]1OB([C@@H]3CCCN3C(=O)CN(Cc3ccccn3)Cc3ccccn3)O[C@@]21C. The average molecular weight is 488 g/mol. The molecule has 2 aromatic rings. The Morgan fingerprint density at radius 2 is 1.78 bits per heavy atom. The van der Waals surface area contributed by atoms with Crippen LogP contribution in [-0.4, -0.2) is 63.5 Å². The van der Waals surface area contributed by atoms with Gasteiger partial charge in [-0.2, -0.15) is 0 Å². The minimum atomic E-state index is -0.332. The van der Waals surface area contributed by atoms with Crippen LogP contribution in [0.5, 0.6) is 0 Å². The third-order valence-corrected chi connectivity index (χ3v) is 9.48. The minimum absolute atomic E-state index is 0.0215. The molecule has 5 aliphatic rings. The summed E-state index contributed by atoms with van der Waals surface area (Å²) in [5.74, 6) is 1.35. The van der Waals surface area contributed by atoms with Crippen molar-refractivity contribution in [1.29, 1.82) is 0 Å². The van der Waals surface area contributed by atoms with Crippen molar-refractivity contribution in [1.82, 2.24) is 19.8 Å². The molecule has 3 saturated carbocycles. The van der Waals surface area contributed by atoms with Crippen molar-refractivity contribution >= 4 is 13.0 Å². The average Bonchev–Trinajstić information content (AvgIpc) is 3.49. The third-order valence-electron chi connectivity index (χ3n) is 9.48. The van der Waals surface area contributed by atoms with Gasteiger partial charge in [-0.3, -0.25) is 19.7 Å². The highest BCUT2D eigenvalue weighted by atomic mass is 16.7. The molecule has 2 saturated heterocycles. The van der Waals surface area contributed by atoms with Crippen LogP contribution in [0.3, 0.4) is 0 Å². The van der Waals surface area contributed by atoms with Gasteiger partial charge in [0, 0.05) is 32.0 Å². The van der Waals surface area contributed by atoms with Crippen LogP contribution < -0.4 is 0 Å². The lowest BCUT2D eigenvalue weighted by Gasteiger charge is -2.64. The van der Waals surface area contributed by atoms with Crippen LogP contribution >= 0.6 is 0 Å². The van der Waals surface area contributed by atoms with Gasteiger partial charge in [0.15, 0.2) is 0 Å². The van der Waals surface area contributed by atoms with Crippen molar-refractivity contribution in [2.75, 3.05) is 13.1 Å². The molecule has 2 bridgehead atoms. The molecule has 0 N–H and O–H groups in total. The molecule has 0 radical (unpaired) electrons. The van der Waals surface area contributed by atoms with Gasteiger partial charge in [-0.15, -0.1) is 0 Å². The van der Waals surface area contributed by atoms with Gasteiger partial charge >= 0.3 is 7.12 Å². The van der Waals surface area contributed by atoms with E-state index in [-0.39, 0.29) is 30.7 Å². The zero-order valence-electron chi connectivity index (χ0n) is 21.7. The van der Waals surface area contributed by atoms with E-state index in [9.17, 15) is 4.79 Å². The molecule has 36 heavy (non-hydrogen) atoms. The molecule has 2 aliphatic heterocycles. The lowest BCUT2D eigenvalue weighted by atomic mass is 9.43. The van der Waals surface area contributed by atoms with Crippen molar-refractivity contribution < 1.29 is 14.1 Å². The minimum Gasteiger partial charge on any atom is -0.404 e. The second-order valence-electron chi connectivity index (χ2n) is 11.9. The van der Waals surface area contributed by atoms with E-state index < -0.39 is 0 Å². The summed E-state index contributed by atoms with van der Waals surface area (Å²) in [4.78, 5) is 26.8. The Bertz CT molecular complexity index is 1050. The molecule has 3 aliphatic carbocycles. The Kier molecular flexibility index (Phi) is 6.17. The largest absolute Gasteiger partial charge is 0.481 e. The fourth-order valence-electron chi connectivity index (χ4n) is 7.34. The van der Waals surface area contributed by atoms with E-state index in [1.54, 1.807) is 12.4 Å². The number of likely N-dealkylation sites (tertiary alicyclic amines) is 1. The Labute approximate surface area is 214 Å².